The van der Waals surface area contributed by atoms with Crippen LogP contribution in [0.15, 0.2) is 29.1 Å². The Kier molecular flexibility index (Phi) is 4.92. The Balaban J connectivity index is 1.64. The molecule has 7 heteroatoms. The molecule has 0 aliphatic carbocycles. The first-order chi connectivity index (χ1) is 11.5. The first-order valence-corrected chi connectivity index (χ1v) is 8.18. The van der Waals surface area contributed by atoms with Crippen LogP contribution in [-0.4, -0.2) is 59.4 Å². The number of fused-ring (bicyclic) bond motifs is 1. The average molecular weight is 330 g/mol. The highest BCUT2D eigenvalue weighted by Crippen LogP contribution is 2.12. The summed E-state index contributed by atoms with van der Waals surface area (Å²) in [5, 5.41) is 10.2. The van der Waals surface area contributed by atoms with E-state index in [1.54, 1.807) is 24.3 Å². The summed E-state index contributed by atoms with van der Waals surface area (Å²) in [5.74, 6) is -0.281. The van der Waals surface area contributed by atoms with Crippen molar-refractivity contribution in [2.24, 2.45) is 0 Å². The third kappa shape index (κ3) is 3.63. The molecule has 1 fully saturated rings. The molecule has 24 heavy (non-hydrogen) atoms. The molecule has 2 N–H and O–H groups in total. The highest BCUT2D eigenvalue weighted by atomic mass is 16.5. The topological polar surface area (TPSA) is 87.3 Å². The Bertz CT molecular complexity index is 779. The number of nitrogens with one attached hydrogen (secondary N) is 2. The fourth-order valence-corrected chi connectivity index (χ4v) is 3.17. The number of rotatable bonds is 4. The summed E-state index contributed by atoms with van der Waals surface area (Å²) in [6.07, 6.45) is 0.406. The SMILES string of the molecule is C[C@@H]1CN(CCNC(=O)c2n[nH]c(=O)c3ccccc23)C[C@@H](C)O1. The van der Waals surface area contributed by atoms with Crippen molar-refractivity contribution in [1.82, 2.24) is 20.4 Å². The molecule has 0 saturated carbocycles. The van der Waals surface area contributed by atoms with Crippen molar-refractivity contribution in [3.63, 3.8) is 0 Å². The average Bonchev–Trinajstić information content (AvgIpc) is 2.54. The van der Waals surface area contributed by atoms with Gasteiger partial charge in [-0.15, -0.1) is 0 Å². The molecule has 2 aromatic rings. The zero-order valence-corrected chi connectivity index (χ0v) is 13.9. The lowest BCUT2D eigenvalue weighted by atomic mass is 10.1. The number of ether oxygens (including phenoxy) is 1. The zero-order valence-electron chi connectivity index (χ0n) is 13.9. The summed E-state index contributed by atoms with van der Waals surface area (Å²) in [5.41, 5.74) is -0.0487. The number of carbonyl (C=O) groups is 1. The Morgan fingerprint density at radius 3 is 2.67 bits per heavy atom. The molecule has 1 saturated heterocycles. The van der Waals surface area contributed by atoms with Gasteiger partial charge in [0.1, 0.15) is 0 Å². The van der Waals surface area contributed by atoms with Gasteiger partial charge in [0.15, 0.2) is 5.69 Å². The molecule has 2 atom stereocenters. The van der Waals surface area contributed by atoms with Crippen LogP contribution in [0.1, 0.15) is 24.3 Å². The number of aromatic nitrogens is 2. The molecule has 0 radical (unpaired) electrons. The summed E-state index contributed by atoms with van der Waals surface area (Å²) < 4.78 is 5.70. The van der Waals surface area contributed by atoms with E-state index < -0.39 is 0 Å². The van der Waals surface area contributed by atoms with Gasteiger partial charge in [-0.1, -0.05) is 18.2 Å². The molecule has 1 aliphatic heterocycles. The van der Waals surface area contributed by atoms with Crippen LogP contribution in [0.3, 0.4) is 0 Å². The zero-order chi connectivity index (χ0) is 17.1. The molecule has 128 valence electrons. The van der Waals surface area contributed by atoms with Gasteiger partial charge < -0.3 is 10.1 Å². The van der Waals surface area contributed by atoms with Gasteiger partial charge >= 0.3 is 0 Å². The number of nitrogens with zero attached hydrogens (tertiary/aromatic N) is 2. The maximum atomic E-state index is 12.4. The summed E-state index contributed by atoms with van der Waals surface area (Å²) in [7, 11) is 0. The predicted octanol–water partition coefficient (Wildman–Crippen LogP) is 0.762. The van der Waals surface area contributed by atoms with Gasteiger partial charge in [0, 0.05) is 31.6 Å². The van der Waals surface area contributed by atoms with Gasteiger partial charge in [-0.3, -0.25) is 14.5 Å². The summed E-state index contributed by atoms with van der Waals surface area (Å²) in [6.45, 7) is 7.10. The first kappa shape index (κ1) is 16.6. The number of amides is 1. The van der Waals surface area contributed by atoms with Crippen molar-refractivity contribution in [3.05, 3.63) is 40.3 Å². The van der Waals surface area contributed by atoms with E-state index in [1.807, 2.05) is 0 Å². The normalized spacial score (nSPS) is 21.8. The molecule has 1 amide bonds. The van der Waals surface area contributed by atoms with Crippen molar-refractivity contribution in [1.29, 1.82) is 0 Å². The molecule has 3 rings (SSSR count). The van der Waals surface area contributed by atoms with Crippen LogP contribution in [0.25, 0.3) is 10.8 Å². The second-order valence-corrected chi connectivity index (χ2v) is 6.22. The summed E-state index contributed by atoms with van der Waals surface area (Å²) >= 11 is 0. The fraction of sp³-hybridized carbons (Fsp3) is 0.471. The van der Waals surface area contributed by atoms with Gasteiger partial charge in [0.05, 0.1) is 17.6 Å². The van der Waals surface area contributed by atoms with Crippen LogP contribution in [0, 0.1) is 0 Å². The number of benzene rings is 1. The van der Waals surface area contributed by atoms with Crippen molar-refractivity contribution >= 4 is 16.7 Å². The summed E-state index contributed by atoms with van der Waals surface area (Å²) in [4.78, 5) is 26.4. The van der Waals surface area contributed by atoms with Crippen LogP contribution in [0.5, 0.6) is 0 Å². The Morgan fingerprint density at radius 1 is 1.29 bits per heavy atom. The van der Waals surface area contributed by atoms with E-state index in [0.29, 0.717) is 17.3 Å². The minimum Gasteiger partial charge on any atom is -0.373 e. The van der Waals surface area contributed by atoms with E-state index in [-0.39, 0.29) is 29.4 Å². The summed E-state index contributed by atoms with van der Waals surface area (Å²) in [6, 6.07) is 6.97. The minimum absolute atomic E-state index is 0.203. The Hall–Kier alpha value is -2.25. The number of hydrogen-bond donors (Lipinski definition) is 2. The van der Waals surface area contributed by atoms with Crippen molar-refractivity contribution in [2.45, 2.75) is 26.1 Å². The monoisotopic (exact) mass is 330 g/mol. The lowest BCUT2D eigenvalue weighted by Gasteiger charge is -2.35. The number of hydrogen-bond acceptors (Lipinski definition) is 5. The third-order valence-electron chi connectivity index (χ3n) is 4.12. The maximum Gasteiger partial charge on any atom is 0.272 e. The standard InChI is InChI=1S/C17H22N4O3/c1-11-9-21(10-12(2)24-11)8-7-18-17(23)15-13-5-3-4-6-14(13)16(22)20-19-15/h3-6,11-12H,7-10H2,1-2H3,(H,18,23)(H,20,22)/t11-,12-/m1/s1. The van der Waals surface area contributed by atoms with E-state index in [2.05, 4.69) is 34.3 Å². The van der Waals surface area contributed by atoms with Gasteiger partial charge in [-0.2, -0.15) is 5.10 Å². The molecule has 7 nitrogen and oxygen atoms in total. The van der Waals surface area contributed by atoms with Crippen molar-refractivity contribution < 1.29 is 9.53 Å². The van der Waals surface area contributed by atoms with Gasteiger partial charge in [0.2, 0.25) is 0 Å². The largest absolute Gasteiger partial charge is 0.373 e. The molecule has 1 aliphatic rings. The van der Waals surface area contributed by atoms with Crippen LogP contribution in [0.4, 0.5) is 0 Å². The third-order valence-corrected chi connectivity index (χ3v) is 4.12. The maximum absolute atomic E-state index is 12.4. The molecule has 1 aromatic carbocycles. The van der Waals surface area contributed by atoms with Crippen LogP contribution < -0.4 is 10.9 Å². The lowest BCUT2D eigenvalue weighted by Crippen LogP contribution is -2.47. The molecule has 0 spiro atoms. The highest BCUT2D eigenvalue weighted by molar-refractivity contribution is 6.04. The second-order valence-electron chi connectivity index (χ2n) is 6.22. The number of aromatic amines is 1. The number of carbonyl (C=O) groups excluding carboxylic acids is 1. The lowest BCUT2D eigenvalue weighted by molar-refractivity contribution is -0.0672. The van der Waals surface area contributed by atoms with Crippen LogP contribution in [-0.2, 0) is 4.74 Å². The molecule has 0 unspecified atom stereocenters. The van der Waals surface area contributed by atoms with Crippen LogP contribution in [0.2, 0.25) is 0 Å². The smallest absolute Gasteiger partial charge is 0.272 e. The molecule has 1 aromatic heterocycles. The predicted molar refractivity (Wildman–Crippen MR) is 91.1 cm³/mol. The van der Waals surface area contributed by atoms with E-state index in [4.69, 9.17) is 4.74 Å². The van der Waals surface area contributed by atoms with Gasteiger partial charge in [-0.25, -0.2) is 5.10 Å². The first-order valence-electron chi connectivity index (χ1n) is 8.18. The van der Waals surface area contributed by atoms with Gasteiger partial charge in [0.25, 0.3) is 11.5 Å². The number of H-pyrrole nitrogens is 1. The number of morpholine rings is 1. The van der Waals surface area contributed by atoms with E-state index in [9.17, 15) is 9.59 Å². The molecule has 0 bridgehead atoms. The molecular weight excluding hydrogens is 308 g/mol. The Labute approximate surface area is 140 Å². The molecule has 2 heterocycles. The quantitative estimate of drug-likeness (QED) is 0.864. The van der Waals surface area contributed by atoms with E-state index in [0.717, 1.165) is 19.6 Å². The fourth-order valence-electron chi connectivity index (χ4n) is 3.17. The van der Waals surface area contributed by atoms with Crippen molar-refractivity contribution in [2.75, 3.05) is 26.2 Å². The highest BCUT2D eigenvalue weighted by Gasteiger charge is 2.22. The van der Waals surface area contributed by atoms with E-state index >= 15 is 0 Å². The molecular formula is C17H22N4O3. The minimum atomic E-state index is -0.293. The van der Waals surface area contributed by atoms with Gasteiger partial charge in [-0.05, 0) is 19.9 Å². The second kappa shape index (κ2) is 7.11. The van der Waals surface area contributed by atoms with E-state index in [1.165, 1.54) is 0 Å². The van der Waals surface area contributed by atoms with Crippen molar-refractivity contribution in [3.8, 4) is 0 Å². The van der Waals surface area contributed by atoms with Crippen LogP contribution >= 0.6 is 0 Å². The Morgan fingerprint density at radius 2 is 1.96 bits per heavy atom.